The maximum atomic E-state index is 11.9. The highest BCUT2D eigenvalue weighted by Crippen LogP contribution is 2.33. The van der Waals surface area contributed by atoms with Crippen LogP contribution in [0, 0.1) is 11.8 Å². The highest BCUT2D eigenvalue weighted by molar-refractivity contribution is 7.98. The summed E-state index contributed by atoms with van der Waals surface area (Å²) in [6, 6.07) is 0.00288. The van der Waals surface area contributed by atoms with Crippen molar-refractivity contribution in [3.8, 4) is 0 Å². The van der Waals surface area contributed by atoms with Crippen LogP contribution in [0.25, 0.3) is 0 Å². The third-order valence-electron chi connectivity index (χ3n) is 4.05. The quantitative estimate of drug-likeness (QED) is 0.766. The molecule has 1 rings (SSSR count). The van der Waals surface area contributed by atoms with Crippen LogP contribution < -0.4 is 11.1 Å². The number of carbonyl (C=O) groups is 1. The zero-order valence-electron chi connectivity index (χ0n) is 11.2. The topological polar surface area (TPSA) is 55.1 Å². The smallest absolute Gasteiger partial charge is 0.237 e. The van der Waals surface area contributed by atoms with Gasteiger partial charge in [0.25, 0.3) is 0 Å². The van der Waals surface area contributed by atoms with Crippen LogP contribution in [0.3, 0.4) is 0 Å². The second-order valence-corrected chi connectivity index (χ2v) is 6.09. The Bertz CT molecular complexity index is 248. The van der Waals surface area contributed by atoms with E-state index < -0.39 is 0 Å². The van der Waals surface area contributed by atoms with Crippen molar-refractivity contribution in [1.29, 1.82) is 0 Å². The first-order valence-corrected chi connectivity index (χ1v) is 8.04. The van der Waals surface area contributed by atoms with E-state index in [9.17, 15) is 4.79 Å². The van der Waals surface area contributed by atoms with Crippen molar-refractivity contribution in [3.63, 3.8) is 0 Å². The number of carbonyl (C=O) groups excluding carboxylic acids is 1. The lowest BCUT2D eigenvalue weighted by molar-refractivity contribution is -0.123. The van der Waals surface area contributed by atoms with E-state index in [0.29, 0.717) is 12.0 Å². The lowest BCUT2D eigenvalue weighted by Crippen LogP contribution is -2.46. The van der Waals surface area contributed by atoms with E-state index in [4.69, 9.17) is 5.73 Å². The molecule has 0 heterocycles. The Kier molecular flexibility index (Phi) is 6.34. The van der Waals surface area contributed by atoms with Crippen LogP contribution in [-0.2, 0) is 4.79 Å². The Morgan fingerprint density at radius 3 is 2.76 bits per heavy atom. The molecule has 1 aliphatic rings. The molecule has 1 fully saturated rings. The summed E-state index contributed by atoms with van der Waals surface area (Å²) < 4.78 is 0. The van der Waals surface area contributed by atoms with E-state index in [2.05, 4.69) is 19.2 Å². The molecule has 0 aliphatic heterocycles. The van der Waals surface area contributed by atoms with Crippen molar-refractivity contribution in [2.75, 3.05) is 12.0 Å². The highest BCUT2D eigenvalue weighted by atomic mass is 32.2. The van der Waals surface area contributed by atoms with Crippen molar-refractivity contribution in [1.82, 2.24) is 5.32 Å². The van der Waals surface area contributed by atoms with Crippen LogP contribution in [0.1, 0.15) is 39.5 Å². The third kappa shape index (κ3) is 4.18. The number of hydrogen-bond donors (Lipinski definition) is 2. The third-order valence-corrected chi connectivity index (χ3v) is 4.69. The fourth-order valence-corrected chi connectivity index (χ4v) is 3.18. The lowest BCUT2D eigenvalue weighted by atomic mass is 9.93. The maximum absolute atomic E-state index is 11.9. The summed E-state index contributed by atoms with van der Waals surface area (Å²) in [6.07, 6.45) is 6.37. The van der Waals surface area contributed by atoms with Gasteiger partial charge >= 0.3 is 0 Å². The van der Waals surface area contributed by atoms with Gasteiger partial charge in [0.05, 0.1) is 6.04 Å². The van der Waals surface area contributed by atoms with Crippen molar-refractivity contribution >= 4 is 17.7 Å². The first-order chi connectivity index (χ1) is 8.10. The summed E-state index contributed by atoms with van der Waals surface area (Å²) in [7, 11) is 0. The van der Waals surface area contributed by atoms with Crippen LogP contribution in [0.4, 0.5) is 0 Å². The molecule has 4 atom stereocenters. The minimum Gasteiger partial charge on any atom is -0.352 e. The monoisotopic (exact) mass is 258 g/mol. The highest BCUT2D eigenvalue weighted by Gasteiger charge is 2.33. The molecule has 0 aromatic heterocycles. The fourth-order valence-electron chi connectivity index (χ4n) is 2.69. The van der Waals surface area contributed by atoms with Gasteiger partial charge in [0, 0.05) is 6.04 Å². The van der Waals surface area contributed by atoms with Gasteiger partial charge in [0.2, 0.25) is 5.91 Å². The van der Waals surface area contributed by atoms with Gasteiger partial charge in [-0.05, 0) is 43.1 Å². The van der Waals surface area contributed by atoms with Gasteiger partial charge in [-0.1, -0.05) is 20.3 Å². The van der Waals surface area contributed by atoms with Crippen LogP contribution in [0.15, 0.2) is 0 Å². The second kappa shape index (κ2) is 7.27. The molecule has 3 N–H and O–H groups in total. The molecule has 0 aromatic carbocycles. The normalized spacial score (nSPS) is 30.2. The molecule has 0 radical (unpaired) electrons. The molecule has 1 amide bonds. The molecule has 0 aromatic rings. The molecule has 17 heavy (non-hydrogen) atoms. The molecular weight excluding hydrogens is 232 g/mol. The number of nitrogens with two attached hydrogens (primary N) is 1. The molecule has 1 aliphatic carbocycles. The zero-order valence-corrected chi connectivity index (χ0v) is 12.1. The van der Waals surface area contributed by atoms with E-state index in [-0.39, 0.29) is 11.9 Å². The summed E-state index contributed by atoms with van der Waals surface area (Å²) in [5.74, 6) is 2.35. The van der Waals surface area contributed by atoms with Gasteiger partial charge in [-0.15, -0.1) is 0 Å². The van der Waals surface area contributed by atoms with E-state index in [1.807, 2.05) is 6.26 Å². The van der Waals surface area contributed by atoms with Crippen molar-refractivity contribution in [2.45, 2.75) is 51.6 Å². The van der Waals surface area contributed by atoms with Gasteiger partial charge in [-0.25, -0.2) is 0 Å². The standard InChI is InChI=1S/C13H26N2OS/c1-4-10-5-6-12(9(10)2)15-13(16)11(14)7-8-17-3/h9-12H,4-8,14H2,1-3H3,(H,15,16)/t9?,10?,11-,12?/m1/s1. The second-order valence-electron chi connectivity index (χ2n) is 5.11. The number of nitrogens with one attached hydrogen (secondary N) is 1. The average molecular weight is 258 g/mol. The summed E-state index contributed by atoms with van der Waals surface area (Å²) in [6.45, 7) is 4.48. The summed E-state index contributed by atoms with van der Waals surface area (Å²) in [4.78, 5) is 11.9. The SMILES string of the molecule is CCC1CCC(NC(=O)[C@H](N)CCSC)C1C. The van der Waals surface area contributed by atoms with E-state index in [1.165, 1.54) is 12.8 Å². The first-order valence-electron chi connectivity index (χ1n) is 6.65. The molecule has 4 heteroatoms. The van der Waals surface area contributed by atoms with Gasteiger partial charge in [-0.2, -0.15) is 11.8 Å². The predicted molar refractivity (Wildman–Crippen MR) is 75.1 cm³/mol. The maximum Gasteiger partial charge on any atom is 0.237 e. The number of hydrogen-bond acceptors (Lipinski definition) is 3. The van der Waals surface area contributed by atoms with Crippen molar-refractivity contribution in [2.24, 2.45) is 17.6 Å². The van der Waals surface area contributed by atoms with E-state index in [0.717, 1.165) is 24.5 Å². The van der Waals surface area contributed by atoms with Crippen LogP contribution in [0.5, 0.6) is 0 Å². The van der Waals surface area contributed by atoms with Gasteiger partial charge in [0.15, 0.2) is 0 Å². The molecule has 0 spiro atoms. The number of amides is 1. The van der Waals surface area contributed by atoms with E-state index in [1.54, 1.807) is 11.8 Å². The zero-order chi connectivity index (χ0) is 12.8. The van der Waals surface area contributed by atoms with Crippen molar-refractivity contribution < 1.29 is 4.79 Å². The minimum atomic E-state index is -0.338. The predicted octanol–water partition coefficient (Wildman–Crippen LogP) is 2.01. The summed E-state index contributed by atoms with van der Waals surface area (Å²) >= 11 is 1.73. The first kappa shape index (κ1) is 14.8. The molecule has 0 saturated heterocycles. The van der Waals surface area contributed by atoms with Gasteiger partial charge in [0.1, 0.15) is 0 Å². The Hall–Kier alpha value is -0.220. The van der Waals surface area contributed by atoms with Crippen LogP contribution >= 0.6 is 11.8 Å². The Morgan fingerprint density at radius 1 is 1.53 bits per heavy atom. The molecular formula is C13H26N2OS. The fraction of sp³-hybridized carbons (Fsp3) is 0.923. The number of rotatable bonds is 6. The van der Waals surface area contributed by atoms with Gasteiger partial charge in [-0.3, -0.25) is 4.79 Å². The molecule has 3 nitrogen and oxygen atoms in total. The van der Waals surface area contributed by atoms with Crippen molar-refractivity contribution in [3.05, 3.63) is 0 Å². The Morgan fingerprint density at radius 2 is 2.24 bits per heavy atom. The van der Waals surface area contributed by atoms with Gasteiger partial charge < -0.3 is 11.1 Å². The van der Waals surface area contributed by atoms with Crippen LogP contribution in [-0.4, -0.2) is 30.0 Å². The molecule has 3 unspecified atom stereocenters. The summed E-state index contributed by atoms with van der Waals surface area (Å²) in [5, 5.41) is 3.13. The van der Waals surface area contributed by atoms with E-state index >= 15 is 0 Å². The van der Waals surface area contributed by atoms with Crippen LogP contribution in [0.2, 0.25) is 0 Å². The Balaban J connectivity index is 2.36. The molecule has 1 saturated carbocycles. The lowest BCUT2D eigenvalue weighted by Gasteiger charge is -2.22. The Labute approximate surface area is 109 Å². The minimum absolute atomic E-state index is 0.0349. The molecule has 0 bridgehead atoms. The number of thioether (sulfide) groups is 1. The summed E-state index contributed by atoms with van der Waals surface area (Å²) in [5.41, 5.74) is 5.87. The average Bonchev–Trinajstić information content (AvgIpc) is 2.67. The molecule has 100 valence electrons. The largest absolute Gasteiger partial charge is 0.352 e.